The van der Waals surface area contributed by atoms with Crippen LogP contribution in [0, 0.1) is 5.92 Å². The van der Waals surface area contributed by atoms with Crippen LogP contribution in [0.15, 0.2) is 6.20 Å². The van der Waals surface area contributed by atoms with E-state index in [-0.39, 0.29) is 6.04 Å². The third-order valence-corrected chi connectivity index (χ3v) is 2.53. The Labute approximate surface area is 96.9 Å². The molecule has 2 N–H and O–H groups in total. The summed E-state index contributed by atoms with van der Waals surface area (Å²) in [5.74, 6) is 0.631. The van der Waals surface area contributed by atoms with Gasteiger partial charge in [0.1, 0.15) is 0 Å². The molecule has 92 valence electrons. The zero-order valence-electron chi connectivity index (χ0n) is 10.5. The Morgan fingerprint density at radius 1 is 1.38 bits per heavy atom. The van der Waals surface area contributed by atoms with E-state index in [0.29, 0.717) is 5.92 Å². The Balaban J connectivity index is 2.45. The maximum absolute atomic E-state index is 9.43. The Kier molecular flexibility index (Phi) is 4.89. The molecule has 2 unspecified atom stereocenters. The van der Waals surface area contributed by atoms with Crippen LogP contribution >= 0.6 is 0 Å². The van der Waals surface area contributed by atoms with Crippen LogP contribution in [-0.2, 0) is 6.54 Å². The quantitative estimate of drug-likeness (QED) is 0.758. The van der Waals surface area contributed by atoms with E-state index in [9.17, 15) is 5.11 Å². The summed E-state index contributed by atoms with van der Waals surface area (Å²) in [4.78, 5) is 0. The van der Waals surface area contributed by atoms with E-state index >= 15 is 0 Å². The van der Waals surface area contributed by atoms with Crippen LogP contribution in [-0.4, -0.2) is 32.7 Å². The van der Waals surface area contributed by atoms with Crippen molar-refractivity contribution in [2.75, 3.05) is 6.54 Å². The van der Waals surface area contributed by atoms with Crippen molar-refractivity contribution in [2.24, 2.45) is 5.92 Å². The topological polar surface area (TPSA) is 63.0 Å². The lowest BCUT2D eigenvalue weighted by atomic mass is 10.2. The number of hydrogen-bond acceptors (Lipinski definition) is 4. The molecule has 0 saturated carbocycles. The van der Waals surface area contributed by atoms with Crippen LogP contribution in [0.1, 0.15) is 39.4 Å². The summed E-state index contributed by atoms with van der Waals surface area (Å²) in [6.45, 7) is 9.70. The van der Waals surface area contributed by atoms with Gasteiger partial charge in [0, 0.05) is 6.54 Å². The highest BCUT2D eigenvalue weighted by Crippen LogP contribution is 2.09. The molecule has 0 aliphatic rings. The summed E-state index contributed by atoms with van der Waals surface area (Å²) in [7, 11) is 0. The molecule has 0 saturated heterocycles. The van der Waals surface area contributed by atoms with Gasteiger partial charge in [0.25, 0.3) is 0 Å². The first-order valence-corrected chi connectivity index (χ1v) is 5.80. The van der Waals surface area contributed by atoms with Gasteiger partial charge in [-0.15, -0.1) is 5.10 Å². The lowest BCUT2D eigenvalue weighted by Crippen LogP contribution is -2.19. The smallest absolute Gasteiger partial charge is 0.0964 e. The molecule has 2 atom stereocenters. The maximum atomic E-state index is 9.43. The zero-order valence-corrected chi connectivity index (χ0v) is 10.5. The number of nitrogens with zero attached hydrogens (tertiary/aromatic N) is 3. The first kappa shape index (κ1) is 13.1. The molecule has 0 bridgehead atoms. The van der Waals surface area contributed by atoms with Gasteiger partial charge in [-0.2, -0.15) is 0 Å². The largest absolute Gasteiger partial charge is 0.391 e. The minimum atomic E-state index is -0.418. The number of hydrogen-bond donors (Lipinski definition) is 2. The third kappa shape index (κ3) is 3.90. The Morgan fingerprint density at radius 3 is 2.62 bits per heavy atom. The molecule has 5 heteroatoms. The lowest BCUT2D eigenvalue weighted by Gasteiger charge is -2.13. The summed E-state index contributed by atoms with van der Waals surface area (Å²) in [6, 6.07) is -0.0358. The molecule has 1 rings (SSSR count). The van der Waals surface area contributed by atoms with Crippen LogP contribution in [0.2, 0.25) is 0 Å². The van der Waals surface area contributed by atoms with Crippen molar-refractivity contribution in [3.05, 3.63) is 11.9 Å². The molecular formula is C11H22N4O. The standard InChI is InChI=1S/C11H22N4O/c1-8(2)5-12-6-11-7-15(14-13-11)9(3)10(4)16/h7-10,12,16H,5-6H2,1-4H3. The second-order valence-electron chi connectivity index (χ2n) is 4.70. The van der Waals surface area contributed by atoms with Crippen molar-refractivity contribution in [1.29, 1.82) is 0 Å². The van der Waals surface area contributed by atoms with E-state index in [2.05, 4.69) is 29.5 Å². The molecule has 1 aromatic rings. The second kappa shape index (κ2) is 5.96. The van der Waals surface area contributed by atoms with Gasteiger partial charge < -0.3 is 10.4 Å². The maximum Gasteiger partial charge on any atom is 0.0964 e. The molecule has 0 amide bonds. The summed E-state index contributed by atoms with van der Waals surface area (Å²) < 4.78 is 1.71. The highest BCUT2D eigenvalue weighted by molar-refractivity contribution is 4.93. The fourth-order valence-corrected chi connectivity index (χ4v) is 1.30. The Hall–Kier alpha value is -0.940. The van der Waals surface area contributed by atoms with Crippen molar-refractivity contribution in [3.63, 3.8) is 0 Å². The monoisotopic (exact) mass is 226 g/mol. The second-order valence-corrected chi connectivity index (χ2v) is 4.70. The van der Waals surface area contributed by atoms with Gasteiger partial charge in [0.2, 0.25) is 0 Å². The normalized spacial score (nSPS) is 15.4. The third-order valence-electron chi connectivity index (χ3n) is 2.53. The highest BCUT2D eigenvalue weighted by atomic mass is 16.3. The van der Waals surface area contributed by atoms with Gasteiger partial charge in [-0.05, 0) is 26.3 Å². The van der Waals surface area contributed by atoms with Crippen LogP contribution in [0.25, 0.3) is 0 Å². The fourth-order valence-electron chi connectivity index (χ4n) is 1.30. The number of aliphatic hydroxyl groups excluding tert-OH is 1. The van der Waals surface area contributed by atoms with E-state index in [4.69, 9.17) is 0 Å². The van der Waals surface area contributed by atoms with E-state index in [1.807, 2.05) is 13.1 Å². The summed E-state index contributed by atoms with van der Waals surface area (Å²) in [6.07, 6.45) is 1.46. The molecule has 5 nitrogen and oxygen atoms in total. The SMILES string of the molecule is CC(C)CNCc1cn(C(C)C(C)O)nn1. The van der Waals surface area contributed by atoms with Crippen molar-refractivity contribution in [3.8, 4) is 0 Å². The average Bonchev–Trinajstić information content (AvgIpc) is 2.64. The van der Waals surface area contributed by atoms with Gasteiger partial charge in [-0.25, -0.2) is 4.68 Å². The summed E-state index contributed by atoms with van der Waals surface area (Å²) in [5.41, 5.74) is 0.910. The van der Waals surface area contributed by atoms with E-state index in [0.717, 1.165) is 18.8 Å². The molecule has 0 fully saturated rings. The molecule has 0 radical (unpaired) electrons. The summed E-state index contributed by atoms with van der Waals surface area (Å²) in [5, 5.41) is 20.8. The zero-order chi connectivity index (χ0) is 12.1. The van der Waals surface area contributed by atoms with Crippen molar-refractivity contribution >= 4 is 0 Å². The van der Waals surface area contributed by atoms with E-state index < -0.39 is 6.10 Å². The van der Waals surface area contributed by atoms with Crippen molar-refractivity contribution in [2.45, 2.75) is 46.4 Å². The van der Waals surface area contributed by atoms with Gasteiger partial charge in [-0.1, -0.05) is 19.1 Å². The van der Waals surface area contributed by atoms with Gasteiger partial charge in [0.05, 0.1) is 24.0 Å². The van der Waals surface area contributed by atoms with Crippen LogP contribution in [0.3, 0.4) is 0 Å². The number of nitrogens with one attached hydrogen (secondary N) is 1. The van der Waals surface area contributed by atoms with Gasteiger partial charge >= 0.3 is 0 Å². The minimum Gasteiger partial charge on any atom is -0.391 e. The van der Waals surface area contributed by atoms with Crippen molar-refractivity contribution < 1.29 is 5.11 Å². The predicted molar refractivity (Wildman–Crippen MR) is 63.0 cm³/mol. The molecule has 0 aliphatic heterocycles. The first-order valence-electron chi connectivity index (χ1n) is 5.80. The average molecular weight is 226 g/mol. The van der Waals surface area contributed by atoms with Crippen LogP contribution in [0.5, 0.6) is 0 Å². The number of rotatable bonds is 6. The van der Waals surface area contributed by atoms with E-state index in [1.54, 1.807) is 11.6 Å². The van der Waals surface area contributed by atoms with Crippen LogP contribution < -0.4 is 5.32 Å². The summed E-state index contributed by atoms with van der Waals surface area (Å²) >= 11 is 0. The predicted octanol–water partition coefficient (Wildman–Crippen LogP) is 0.965. The lowest BCUT2D eigenvalue weighted by molar-refractivity contribution is 0.131. The van der Waals surface area contributed by atoms with Gasteiger partial charge in [-0.3, -0.25) is 0 Å². The molecule has 0 aromatic carbocycles. The molecule has 16 heavy (non-hydrogen) atoms. The van der Waals surface area contributed by atoms with Gasteiger partial charge in [0.15, 0.2) is 0 Å². The van der Waals surface area contributed by atoms with Crippen molar-refractivity contribution in [1.82, 2.24) is 20.3 Å². The minimum absolute atomic E-state index is 0.0358. The Bertz CT molecular complexity index is 309. The fraction of sp³-hybridized carbons (Fsp3) is 0.818. The van der Waals surface area contributed by atoms with E-state index in [1.165, 1.54) is 0 Å². The highest BCUT2D eigenvalue weighted by Gasteiger charge is 2.12. The molecule has 1 heterocycles. The van der Waals surface area contributed by atoms with Crippen LogP contribution in [0.4, 0.5) is 0 Å². The molecule has 1 aromatic heterocycles. The first-order chi connectivity index (χ1) is 7.50. The number of aliphatic hydroxyl groups is 1. The molecule has 0 aliphatic carbocycles. The Morgan fingerprint density at radius 2 is 2.06 bits per heavy atom. The number of aromatic nitrogens is 3. The molecular weight excluding hydrogens is 204 g/mol. The molecule has 0 spiro atoms.